The summed E-state index contributed by atoms with van der Waals surface area (Å²) in [6, 6.07) is 4.94. The number of nitrogens with zero attached hydrogens (tertiary/aromatic N) is 2. The molecule has 4 atom stereocenters. The van der Waals surface area contributed by atoms with E-state index in [0.29, 0.717) is 0 Å². The highest BCUT2D eigenvalue weighted by Crippen LogP contribution is 2.58. The first-order chi connectivity index (χ1) is 38.9. The second-order valence-electron chi connectivity index (χ2n) is 32.8. The van der Waals surface area contributed by atoms with Crippen LogP contribution in [-0.2, 0) is 0 Å². The van der Waals surface area contributed by atoms with Gasteiger partial charge in [-0.2, -0.15) is 0 Å². The van der Waals surface area contributed by atoms with Crippen LogP contribution in [0.5, 0.6) is 0 Å². The van der Waals surface area contributed by atoms with Crippen LogP contribution in [0.2, 0.25) is 0 Å². The molecule has 0 spiro atoms. The lowest BCUT2D eigenvalue weighted by molar-refractivity contribution is -0.148. The molecule has 4 unspecified atom stereocenters. The lowest BCUT2D eigenvalue weighted by Crippen LogP contribution is -2.69. The summed E-state index contributed by atoms with van der Waals surface area (Å²) in [4.78, 5) is 7.10. The van der Waals surface area contributed by atoms with Crippen molar-refractivity contribution in [3.8, 4) is 0 Å². The van der Waals surface area contributed by atoms with Crippen LogP contribution in [0.1, 0.15) is 312 Å². The summed E-state index contributed by atoms with van der Waals surface area (Å²) < 4.78 is 0. The van der Waals surface area contributed by atoms with Gasteiger partial charge in [-0.1, -0.05) is 151 Å². The van der Waals surface area contributed by atoms with Gasteiger partial charge < -0.3 is 0 Å². The van der Waals surface area contributed by atoms with E-state index >= 15 is 0 Å². The van der Waals surface area contributed by atoms with Crippen molar-refractivity contribution in [2.24, 2.45) is 94.7 Å². The molecule has 11 aliphatic carbocycles. The van der Waals surface area contributed by atoms with Crippen molar-refractivity contribution >= 4 is 0 Å². The lowest BCUT2D eigenvalue weighted by atomic mass is 9.53. The molecule has 11 aliphatic rings. The SMILES string of the molecule is C/C(=C\C1CCC(N(C2CCC(/C=C(\C)C3CCC(C)CC3)CC2)C2C3CCCCC3C(N(C3CCC(/C=C(\C)C4CCC(C)CC4)CC3)C3CCC(/C=C(\C)C4CCC(C)CC4)CC3)C3CCCCC32)CC1)C1CCC(C)CC1. The second kappa shape index (κ2) is 28.6. The van der Waals surface area contributed by atoms with Gasteiger partial charge in [0.05, 0.1) is 0 Å². The fraction of sp³-hybridized carbons (Fsp3) is 0.897. The van der Waals surface area contributed by atoms with Crippen molar-refractivity contribution < 1.29 is 0 Å². The van der Waals surface area contributed by atoms with Crippen molar-refractivity contribution in [1.29, 1.82) is 0 Å². The van der Waals surface area contributed by atoms with Crippen LogP contribution in [0, 0.1) is 94.7 Å². The highest BCUT2D eigenvalue weighted by Gasteiger charge is 2.58. The fourth-order valence-corrected chi connectivity index (χ4v) is 22.3. The minimum atomic E-state index is 0.814. The molecule has 11 rings (SSSR count). The predicted octanol–water partition coefficient (Wildman–Crippen LogP) is 22.3. The van der Waals surface area contributed by atoms with Crippen molar-refractivity contribution in [1.82, 2.24) is 9.80 Å². The third-order valence-corrected chi connectivity index (χ3v) is 27.5. The number of allylic oxidation sites excluding steroid dienone is 8. The number of fused-ring (bicyclic) bond motifs is 2. The highest BCUT2D eigenvalue weighted by atomic mass is 15.3. The van der Waals surface area contributed by atoms with Crippen LogP contribution in [0.3, 0.4) is 0 Å². The predicted molar refractivity (Wildman–Crippen MR) is 345 cm³/mol. The molecule has 0 bridgehead atoms. The van der Waals surface area contributed by atoms with Crippen molar-refractivity contribution in [3.05, 3.63) is 46.6 Å². The Balaban J connectivity index is 0.866. The molecule has 0 aliphatic heterocycles. The largest absolute Gasteiger partial charge is 0.294 e. The summed E-state index contributed by atoms with van der Waals surface area (Å²) in [6.45, 7) is 20.2. The Kier molecular flexibility index (Phi) is 21.6. The first-order valence-corrected chi connectivity index (χ1v) is 37.2. The quantitative estimate of drug-likeness (QED) is 0.160. The molecule has 0 aromatic carbocycles. The van der Waals surface area contributed by atoms with Crippen molar-refractivity contribution in [2.45, 2.75) is 348 Å². The molecule has 0 amide bonds. The van der Waals surface area contributed by atoms with Gasteiger partial charge in [0.25, 0.3) is 0 Å². The molecule has 0 radical (unpaired) electrons. The van der Waals surface area contributed by atoms with E-state index in [1.165, 1.54) is 231 Å². The summed E-state index contributed by atoms with van der Waals surface area (Å²) in [6.07, 6.45) is 70.4. The van der Waals surface area contributed by atoms with E-state index in [0.717, 1.165) is 131 Å². The Morgan fingerprint density at radius 1 is 0.237 bits per heavy atom. The molecule has 0 N–H and O–H groups in total. The lowest BCUT2D eigenvalue weighted by Gasteiger charge is -2.64. The van der Waals surface area contributed by atoms with Crippen LogP contribution in [0.25, 0.3) is 0 Å². The second-order valence-corrected chi connectivity index (χ2v) is 32.8. The third-order valence-electron chi connectivity index (χ3n) is 27.5. The van der Waals surface area contributed by atoms with Crippen molar-refractivity contribution in [2.75, 3.05) is 0 Å². The van der Waals surface area contributed by atoms with Gasteiger partial charge in [-0.3, -0.25) is 9.80 Å². The van der Waals surface area contributed by atoms with Crippen molar-refractivity contribution in [3.63, 3.8) is 0 Å². The maximum Gasteiger partial charge on any atom is 0.0164 e. The van der Waals surface area contributed by atoms with Gasteiger partial charge in [0.15, 0.2) is 0 Å². The van der Waals surface area contributed by atoms with E-state index in [-0.39, 0.29) is 0 Å². The van der Waals surface area contributed by atoms with E-state index in [4.69, 9.17) is 0 Å². The van der Waals surface area contributed by atoms with Crippen LogP contribution >= 0.6 is 0 Å². The molecule has 11 fully saturated rings. The van der Waals surface area contributed by atoms with Gasteiger partial charge in [-0.15, -0.1) is 0 Å². The zero-order valence-corrected chi connectivity index (χ0v) is 54.2. The minimum absolute atomic E-state index is 0.814. The Bertz CT molecular complexity index is 1710. The number of hydrogen-bond acceptors (Lipinski definition) is 2. The maximum absolute atomic E-state index is 3.55. The van der Waals surface area contributed by atoms with Gasteiger partial charge in [0.1, 0.15) is 0 Å². The molecule has 11 saturated carbocycles. The third kappa shape index (κ3) is 14.8. The number of hydrogen-bond donors (Lipinski definition) is 0. The number of rotatable bonds is 14. The molecule has 452 valence electrons. The molecule has 2 nitrogen and oxygen atoms in total. The molecule has 80 heavy (non-hydrogen) atoms. The van der Waals surface area contributed by atoms with Crippen LogP contribution in [0.4, 0.5) is 0 Å². The normalized spacial score (nSPS) is 45.3. The molecule has 0 aromatic rings. The van der Waals surface area contributed by atoms with Gasteiger partial charge in [0.2, 0.25) is 0 Å². The topological polar surface area (TPSA) is 6.48 Å². The molecule has 0 saturated heterocycles. The minimum Gasteiger partial charge on any atom is -0.294 e. The Labute approximate surface area is 497 Å². The summed E-state index contributed by atoms with van der Waals surface area (Å²) in [5.74, 6) is 14.2. The first kappa shape index (κ1) is 60.6. The summed E-state index contributed by atoms with van der Waals surface area (Å²) in [7, 11) is 0. The zero-order valence-electron chi connectivity index (χ0n) is 54.2. The Hall–Kier alpha value is -1.12. The van der Waals surface area contributed by atoms with Gasteiger partial charge in [0, 0.05) is 36.3 Å². The van der Waals surface area contributed by atoms with E-state index < -0.39 is 0 Å². The van der Waals surface area contributed by atoms with Gasteiger partial charge in [-0.25, -0.2) is 0 Å². The smallest absolute Gasteiger partial charge is 0.0164 e. The molecular formula is C78H130N2. The summed E-state index contributed by atoms with van der Waals surface area (Å²) >= 11 is 0. The van der Waals surface area contributed by atoms with Crippen LogP contribution in [-0.4, -0.2) is 46.1 Å². The maximum atomic E-state index is 3.55. The Morgan fingerprint density at radius 2 is 0.425 bits per heavy atom. The van der Waals surface area contributed by atoms with Crippen LogP contribution < -0.4 is 0 Å². The first-order valence-electron chi connectivity index (χ1n) is 37.2. The average Bonchev–Trinajstić information content (AvgIpc) is 3.52. The fourth-order valence-electron chi connectivity index (χ4n) is 22.3. The van der Waals surface area contributed by atoms with E-state index in [1.54, 1.807) is 48.0 Å². The standard InChI is InChI=1S/C78H130N2/c1-53-17-33-65(34-18-53)57(5)49-61-25-41-69(42-26-61)79(70-43-27-62(28-44-70)50-58(6)66-35-19-54(2)20-36-66)77-73-13-9-11-15-75(73)78(76-16-12-10-14-74(76)77)80(71-45-29-63(30-46-71)51-59(7)67-37-21-55(3)22-38-67)72-47-31-64(32-48-72)52-60(8)68-39-23-56(4)24-40-68/h49-56,61-78H,9-48H2,1-8H3/b57-49+,58-50+,59-51+,60-52+. The van der Waals surface area contributed by atoms with Crippen LogP contribution in [0.15, 0.2) is 46.6 Å². The van der Waals surface area contributed by atoms with E-state index in [1.807, 2.05) is 0 Å². The van der Waals surface area contributed by atoms with Gasteiger partial charge >= 0.3 is 0 Å². The summed E-state index contributed by atoms with van der Waals surface area (Å²) in [5.41, 5.74) is 7.12. The van der Waals surface area contributed by atoms with Gasteiger partial charge in [-0.05, 0) is 302 Å². The molecule has 0 aromatic heterocycles. The molecule has 0 heterocycles. The highest BCUT2D eigenvalue weighted by molar-refractivity contribution is 5.15. The Morgan fingerprint density at radius 3 is 0.613 bits per heavy atom. The van der Waals surface area contributed by atoms with E-state index in [2.05, 4.69) is 89.5 Å². The summed E-state index contributed by atoms with van der Waals surface area (Å²) in [5, 5.41) is 0. The van der Waals surface area contributed by atoms with E-state index in [9.17, 15) is 0 Å². The monoisotopic (exact) mass is 1100 g/mol. The zero-order chi connectivity index (χ0) is 55.3. The average molecular weight is 1100 g/mol. The molecule has 2 heteroatoms. The molecular weight excluding hydrogens is 965 g/mol.